The van der Waals surface area contributed by atoms with Crippen LogP contribution in [0.2, 0.25) is 0 Å². The van der Waals surface area contributed by atoms with Gasteiger partial charge >= 0.3 is 5.97 Å². The van der Waals surface area contributed by atoms with Crippen molar-refractivity contribution in [1.29, 1.82) is 0 Å². The molecule has 3 aromatic rings. The molecular formula is C21H19N3O3. The van der Waals surface area contributed by atoms with E-state index in [0.29, 0.717) is 30.2 Å². The average molecular weight is 361 g/mol. The predicted molar refractivity (Wildman–Crippen MR) is 101 cm³/mol. The lowest BCUT2D eigenvalue weighted by Gasteiger charge is -2.41. The number of fused-ring (bicyclic) bond motifs is 4. The molecular weight excluding hydrogens is 342 g/mol. The van der Waals surface area contributed by atoms with Crippen molar-refractivity contribution in [3.8, 4) is 0 Å². The van der Waals surface area contributed by atoms with E-state index >= 15 is 0 Å². The molecule has 2 aliphatic rings. The summed E-state index contributed by atoms with van der Waals surface area (Å²) in [6, 6.07) is 15.7. The van der Waals surface area contributed by atoms with E-state index < -0.39 is 0 Å². The molecule has 0 bridgehead atoms. The zero-order chi connectivity index (χ0) is 18.4. The van der Waals surface area contributed by atoms with Gasteiger partial charge in [-0.1, -0.05) is 36.4 Å². The molecule has 27 heavy (non-hydrogen) atoms. The third kappa shape index (κ3) is 2.68. The number of carbonyl (C=O) groups excluding carboxylic acids is 1. The number of rotatable bonds is 2. The van der Waals surface area contributed by atoms with Crippen LogP contribution in [0.4, 0.5) is 5.82 Å². The number of hydrogen-bond donors (Lipinski definition) is 0. The Balaban J connectivity index is 1.68. The minimum Gasteiger partial charge on any atom is -0.465 e. The lowest BCUT2D eigenvalue weighted by atomic mass is 9.79. The number of benzene rings is 1. The highest BCUT2D eigenvalue weighted by Gasteiger charge is 2.41. The van der Waals surface area contributed by atoms with Gasteiger partial charge in [-0.15, -0.1) is 0 Å². The minimum atomic E-state index is -0.240. The summed E-state index contributed by atoms with van der Waals surface area (Å²) in [5.41, 5.74) is 2.33. The first kappa shape index (κ1) is 16.1. The van der Waals surface area contributed by atoms with E-state index in [-0.39, 0.29) is 29.8 Å². The van der Waals surface area contributed by atoms with Crippen molar-refractivity contribution in [2.75, 3.05) is 18.1 Å². The summed E-state index contributed by atoms with van der Waals surface area (Å²) in [4.78, 5) is 32.1. The summed E-state index contributed by atoms with van der Waals surface area (Å²) in [6.07, 6.45) is 1.98. The molecule has 0 saturated carbocycles. The van der Waals surface area contributed by atoms with Crippen LogP contribution in [0.15, 0.2) is 59.5 Å². The molecule has 0 amide bonds. The number of ether oxygens (including phenoxy) is 1. The second kappa shape index (κ2) is 6.23. The molecule has 0 unspecified atom stereocenters. The maximum atomic E-state index is 13.3. The highest BCUT2D eigenvalue weighted by molar-refractivity contribution is 5.73. The van der Waals surface area contributed by atoms with E-state index in [1.165, 1.54) is 0 Å². The second-order valence-corrected chi connectivity index (χ2v) is 7.20. The van der Waals surface area contributed by atoms with Crippen molar-refractivity contribution in [1.82, 2.24) is 9.38 Å². The number of anilines is 1. The summed E-state index contributed by atoms with van der Waals surface area (Å²) in [5, 5.41) is 0. The molecule has 136 valence electrons. The Morgan fingerprint density at radius 3 is 2.74 bits per heavy atom. The molecule has 1 fully saturated rings. The SMILES string of the molecule is O=C1C[C@H]2c3c(nc4ccccn4c3=O)N(Cc3ccccc3)C[C@H]2CO1. The van der Waals surface area contributed by atoms with E-state index in [2.05, 4.69) is 17.0 Å². The molecule has 0 N–H and O–H groups in total. The van der Waals surface area contributed by atoms with Crippen LogP contribution in [0.3, 0.4) is 0 Å². The fourth-order valence-electron chi connectivity index (χ4n) is 4.21. The van der Waals surface area contributed by atoms with E-state index in [0.717, 1.165) is 12.1 Å². The molecule has 1 aromatic carbocycles. The molecule has 0 radical (unpaired) electrons. The molecule has 6 heteroatoms. The number of cyclic esters (lactones) is 1. The summed E-state index contributed by atoms with van der Waals surface area (Å²) in [5.74, 6) is 0.433. The Kier molecular flexibility index (Phi) is 3.70. The fourth-order valence-corrected chi connectivity index (χ4v) is 4.21. The maximum absolute atomic E-state index is 13.3. The van der Waals surface area contributed by atoms with Gasteiger partial charge in [-0.25, -0.2) is 4.98 Å². The third-order valence-electron chi connectivity index (χ3n) is 5.50. The van der Waals surface area contributed by atoms with Crippen molar-refractivity contribution in [3.63, 3.8) is 0 Å². The Hall–Kier alpha value is -3.15. The highest BCUT2D eigenvalue weighted by Crippen LogP contribution is 2.40. The lowest BCUT2D eigenvalue weighted by Crippen LogP contribution is -2.46. The van der Waals surface area contributed by atoms with Crippen LogP contribution in [0.25, 0.3) is 5.65 Å². The summed E-state index contributed by atoms with van der Waals surface area (Å²) < 4.78 is 6.86. The quantitative estimate of drug-likeness (QED) is 0.656. The maximum Gasteiger partial charge on any atom is 0.306 e. The fraction of sp³-hybridized carbons (Fsp3) is 0.286. The first-order valence-electron chi connectivity index (χ1n) is 9.16. The van der Waals surface area contributed by atoms with Gasteiger partial charge < -0.3 is 9.64 Å². The largest absolute Gasteiger partial charge is 0.465 e. The molecule has 5 rings (SSSR count). The Morgan fingerprint density at radius 2 is 1.89 bits per heavy atom. The van der Waals surface area contributed by atoms with Gasteiger partial charge in [0, 0.05) is 31.1 Å². The Labute approximate surface area is 156 Å². The van der Waals surface area contributed by atoms with Gasteiger partial charge in [0.05, 0.1) is 18.6 Å². The van der Waals surface area contributed by atoms with Gasteiger partial charge in [0.15, 0.2) is 0 Å². The zero-order valence-electron chi connectivity index (χ0n) is 14.7. The molecule has 4 heterocycles. The second-order valence-electron chi connectivity index (χ2n) is 7.20. The predicted octanol–water partition coefficient (Wildman–Crippen LogP) is 2.36. The summed E-state index contributed by atoms with van der Waals surface area (Å²) in [6.45, 7) is 1.74. The molecule has 0 spiro atoms. The van der Waals surface area contributed by atoms with Gasteiger partial charge in [-0.05, 0) is 17.7 Å². The molecule has 1 saturated heterocycles. The first-order chi connectivity index (χ1) is 13.2. The van der Waals surface area contributed by atoms with Crippen LogP contribution < -0.4 is 10.5 Å². The van der Waals surface area contributed by atoms with Crippen molar-refractivity contribution in [2.45, 2.75) is 18.9 Å². The van der Waals surface area contributed by atoms with Gasteiger partial charge in [0.2, 0.25) is 0 Å². The number of esters is 1. The van der Waals surface area contributed by atoms with E-state index in [4.69, 9.17) is 9.72 Å². The van der Waals surface area contributed by atoms with E-state index in [1.54, 1.807) is 10.6 Å². The third-order valence-corrected chi connectivity index (χ3v) is 5.50. The highest BCUT2D eigenvalue weighted by atomic mass is 16.5. The summed E-state index contributed by atoms with van der Waals surface area (Å²) >= 11 is 0. The standard InChI is InChI=1S/C21H19N3O3/c25-18-10-16-15(13-27-18)12-23(11-14-6-2-1-3-7-14)20-19(16)21(26)24-9-5-4-8-17(24)22-20/h1-9,15-16H,10-13H2/t15-,16+/m0/s1. The van der Waals surface area contributed by atoms with Crippen molar-refractivity contribution in [3.05, 3.63) is 76.2 Å². The molecule has 0 aliphatic carbocycles. The van der Waals surface area contributed by atoms with E-state index in [1.807, 2.05) is 36.4 Å². The topological polar surface area (TPSA) is 63.9 Å². The molecule has 2 atom stereocenters. The number of aromatic nitrogens is 2. The Morgan fingerprint density at radius 1 is 1.07 bits per heavy atom. The molecule has 6 nitrogen and oxygen atoms in total. The molecule has 2 aliphatic heterocycles. The average Bonchev–Trinajstić information content (AvgIpc) is 2.69. The Bertz CT molecular complexity index is 1080. The number of nitrogens with zero attached hydrogens (tertiary/aromatic N) is 3. The number of carbonyl (C=O) groups is 1. The van der Waals surface area contributed by atoms with Crippen LogP contribution >= 0.6 is 0 Å². The number of pyridine rings is 1. The van der Waals surface area contributed by atoms with Gasteiger partial charge in [-0.2, -0.15) is 0 Å². The van der Waals surface area contributed by atoms with Crippen LogP contribution in [0.1, 0.15) is 23.5 Å². The van der Waals surface area contributed by atoms with Gasteiger partial charge in [-0.3, -0.25) is 14.0 Å². The van der Waals surface area contributed by atoms with E-state index in [9.17, 15) is 9.59 Å². The monoisotopic (exact) mass is 361 g/mol. The molecule has 2 aromatic heterocycles. The van der Waals surface area contributed by atoms with Crippen molar-refractivity contribution >= 4 is 17.4 Å². The van der Waals surface area contributed by atoms with Crippen LogP contribution in [0, 0.1) is 5.92 Å². The van der Waals surface area contributed by atoms with Crippen LogP contribution in [-0.4, -0.2) is 28.5 Å². The minimum absolute atomic E-state index is 0.0851. The van der Waals surface area contributed by atoms with Crippen molar-refractivity contribution < 1.29 is 9.53 Å². The summed E-state index contributed by atoms with van der Waals surface area (Å²) in [7, 11) is 0. The van der Waals surface area contributed by atoms with Gasteiger partial charge in [0.25, 0.3) is 5.56 Å². The number of hydrogen-bond acceptors (Lipinski definition) is 5. The normalized spacial score (nSPS) is 21.5. The first-order valence-corrected chi connectivity index (χ1v) is 9.16. The zero-order valence-corrected chi connectivity index (χ0v) is 14.7. The van der Waals surface area contributed by atoms with Crippen LogP contribution in [-0.2, 0) is 16.1 Å². The van der Waals surface area contributed by atoms with Crippen molar-refractivity contribution in [2.24, 2.45) is 5.92 Å². The smallest absolute Gasteiger partial charge is 0.306 e. The van der Waals surface area contributed by atoms with Gasteiger partial charge in [0.1, 0.15) is 11.5 Å². The van der Waals surface area contributed by atoms with Crippen LogP contribution in [0.5, 0.6) is 0 Å². The lowest BCUT2D eigenvalue weighted by molar-refractivity contribution is -0.150.